The van der Waals surface area contributed by atoms with E-state index in [2.05, 4.69) is 6.92 Å². The molecule has 0 aromatic heterocycles. The van der Waals surface area contributed by atoms with Crippen LogP contribution in [0.25, 0.3) is 0 Å². The zero-order valence-corrected chi connectivity index (χ0v) is 11.6. The molecule has 0 spiro atoms. The Hall–Kier alpha value is -1.10. The molecular formula is C14H24N2O3. The maximum absolute atomic E-state index is 12.4. The molecule has 1 saturated heterocycles. The van der Waals surface area contributed by atoms with Gasteiger partial charge >= 0.3 is 0 Å². The number of amides is 2. The Bertz CT molecular complexity index is 364. The van der Waals surface area contributed by atoms with E-state index in [4.69, 9.17) is 5.73 Å². The van der Waals surface area contributed by atoms with Crippen molar-refractivity contribution in [3.63, 3.8) is 0 Å². The van der Waals surface area contributed by atoms with Crippen LogP contribution in [0, 0.1) is 11.8 Å². The summed E-state index contributed by atoms with van der Waals surface area (Å²) in [7, 11) is 0. The lowest BCUT2D eigenvalue weighted by Crippen LogP contribution is -2.47. The van der Waals surface area contributed by atoms with Crippen LogP contribution < -0.4 is 5.73 Å². The molecule has 19 heavy (non-hydrogen) atoms. The van der Waals surface area contributed by atoms with Gasteiger partial charge in [0.1, 0.15) is 0 Å². The molecule has 1 heterocycles. The van der Waals surface area contributed by atoms with Crippen molar-refractivity contribution in [2.75, 3.05) is 13.1 Å². The Kier molecular flexibility index (Phi) is 4.13. The highest BCUT2D eigenvalue weighted by Crippen LogP contribution is 2.33. The maximum atomic E-state index is 12.4. The summed E-state index contributed by atoms with van der Waals surface area (Å²) in [6, 6.07) is 0. The first-order chi connectivity index (χ1) is 8.96. The molecule has 0 radical (unpaired) electrons. The Morgan fingerprint density at radius 3 is 2.42 bits per heavy atom. The Balaban J connectivity index is 1.90. The molecule has 1 unspecified atom stereocenters. The molecule has 1 saturated carbocycles. The zero-order chi connectivity index (χ0) is 14.0. The Labute approximate surface area is 114 Å². The zero-order valence-electron chi connectivity index (χ0n) is 11.6. The average molecular weight is 268 g/mol. The highest BCUT2D eigenvalue weighted by molar-refractivity contribution is 5.86. The number of hydrogen-bond donors (Lipinski definition) is 2. The van der Waals surface area contributed by atoms with Gasteiger partial charge in [-0.3, -0.25) is 9.59 Å². The van der Waals surface area contributed by atoms with E-state index in [9.17, 15) is 14.7 Å². The number of rotatable bonds is 3. The fourth-order valence-electron chi connectivity index (χ4n) is 3.26. The number of likely N-dealkylation sites (tertiary alicyclic amines) is 1. The number of nitrogens with two attached hydrogens (primary N) is 1. The number of aliphatic hydroxyl groups is 1. The summed E-state index contributed by atoms with van der Waals surface area (Å²) in [6.45, 7) is 2.70. The number of primary amides is 1. The van der Waals surface area contributed by atoms with Gasteiger partial charge in [0, 0.05) is 18.9 Å². The van der Waals surface area contributed by atoms with Crippen molar-refractivity contribution in [3.8, 4) is 0 Å². The van der Waals surface area contributed by atoms with Crippen LogP contribution in [0.4, 0.5) is 0 Å². The minimum absolute atomic E-state index is 0.0644. The van der Waals surface area contributed by atoms with Gasteiger partial charge in [-0.2, -0.15) is 0 Å². The Morgan fingerprint density at radius 2 is 1.95 bits per heavy atom. The molecule has 0 bridgehead atoms. The van der Waals surface area contributed by atoms with Crippen molar-refractivity contribution in [1.29, 1.82) is 0 Å². The molecule has 1 aliphatic carbocycles. The molecule has 3 N–H and O–H groups in total. The largest absolute Gasteiger partial charge is 0.378 e. The van der Waals surface area contributed by atoms with E-state index in [1.54, 1.807) is 4.90 Å². The van der Waals surface area contributed by atoms with Crippen LogP contribution in [-0.2, 0) is 9.59 Å². The third-order valence-electron chi connectivity index (χ3n) is 4.79. The lowest BCUT2D eigenvalue weighted by Gasteiger charge is -2.30. The van der Waals surface area contributed by atoms with Crippen molar-refractivity contribution < 1.29 is 14.7 Å². The molecule has 1 aliphatic heterocycles. The van der Waals surface area contributed by atoms with Crippen molar-refractivity contribution in [2.24, 2.45) is 17.6 Å². The number of carbonyl (C=O) groups is 2. The first-order valence-electron chi connectivity index (χ1n) is 7.27. The second-order valence-electron chi connectivity index (χ2n) is 6.03. The molecule has 2 rings (SSSR count). The highest BCUT2D eigenvalue weighted by atomic mass is 16.3. The van der Waals surface area contributed by atoms with E-state index in [0.717, 1.165) is 31.6 Å². The lowest BCUT2D eigenvalue weighted by molar-refractivity contribution is -0.140. The van der Waals surface area contributed by atoms with Crippen LogP contribution in [0.5, 0.6) is 0 Å². The first-order valence-corrected chi connectivity index (χ1v) is 7.27. The summed E-state index contributed by atoms with van der Waals surface area (Å²) in [4.78, 5) is 25.2. The van der Waals surface area contributed by atoms with Crippen LogP contribution in [0.3, 0.4) is 0 Å². The van der Waals surface area contributed by atoms with E-state index in [0.29, 0.717) is 6.54 Å². The topological polar surface area (TPSA) is 83.6 Å². The molecule has 108 valence electrons. The van der Waals surface area contributed by atoms with E-state index in [-0.39, 0.29) is 24.8 Å². The van der Waals surface area contributed by atoms with Gasteiger partial charge in [-0.1, -0.05) is 13.3 Å². The predicted molar refractivity (Wildman–Crippen MR) is 71.1 cm³/mol. The molecule has 5 nitrogen and oxygen atoms in total. The van der Waals surface area contributed by atoms with Crippen molar-refractivity contribution in [1.82, 2.24) is 4.90 Å². The highest BCUT2D eigenvalue weighted by Gasteiger charge is 2.44. The summed E-state index contributed by atoms with van der Waals surface area (Å²) in [5.41, 5.74) is 3.66. The number of nitrogens with zero attached hydrogens (tertiary/aromatic N) is 1. The van der Waals surface area contributed by atoms with Crippen LogP contribution >= 0.6 is 0 Å². The van der Waals surface area contributed by atoms with E-state index in [1.165, 1.54) is 6.42 Å². The normalized spacial score (nSPS) is 35.4. The maximum Gasteiger partial charge on any atom is 0.251 e. The average Bonchev–Trinajstić information content (AvgIpc) is 2.82. The fourth-order valence-corrected chi connectivity index (χ4v) is 3.26. The fraction of sp³-hybridized carbons (Fsp3) is 0.857. The van der Waals surface area contributed by atoms with Gasteiger partial charge < -0.3 is 15.7 Å². The summed E-state index contributed by atoms with van der Waals surface area (Å²) in [5.74, 6) is 0.187. The third-order valence-corrected chi connectivity index (χ3v) is 4.79. The lowest BCUT2D eigenvalue weighted by atomic mass is 9.80. The molecule has 2 aliphatic rings. The minimum atomic E-state index is -1.52. The summed E-state index contributed by atoms with van der Waals surface area (Å²) >= 11 is 0. The second kappa shape index (κ2) is 5.49. The van der Waals surface area contributed by atoms with E-state index < -0.39 is 11.5 Å². The van der Waals surface area contributed by atoms with Gasteiger partial charge in [-0.05, 0) is 31.6 Å². The third kappa shape index (κ3) is 2.91. The van der Waals surface area contributed by atoms with E-state index >= 15 is 0 Å². The molecular weight excluding hydrogens is 244 g/mol. The number of β-amino-alcohol motifs (C(OH)–C–C–N with tert-alkyl or cyclic N) is 1. The number of hydrogen-bond acceptors (Lipinski definition) is 3. The predicted octanol–water partition coefficient (Wildman–Crippen LogP) is 0.651. The summed E-state index contributed by atoms with van der Waals surface area (Å²) in [6.07, 6.45) is 5.54. The van der Waals surface area contributed by atoms with Gasteiger partial charge in [-0.15, -0.1) is 0 Å². The standard InChI is InChI=1S/C14H24N2O3/c1-2-10-3-5-11(6-4-10)12(17)16-8-7-14(19,9-16)13(15)18/h10-11,19H,2-9H2,1H3,(H2,15,18). The molecule has 5 heteroatoms. The van der Waals surface area contributed by atoms with Crippen molar-refractivity contribution >= 4 is 11.8 Å². The van der Waals surface area contributed by atoms with Crippen LogP contribution in [0.1, 0.15) is 45.4 Å². The van der Waals surface area contributed by atoms with Crippen molar-refractivity contribution in [2.45, 2.75) is 51.0 Å². The van der Waals surface area contributed by atoms with E-state index in [1.807, 2.05) is 0 Å². The second-order valence-corrected chi connectivity index (χ2v) is 6.03. The van der Waals surface area contributed by atoms with Gasteiger partial charge in [-0.25, -0.2) is 0 Å². The van der Waals surface area contributed by atoms with Crippen LogP contribution in [0.15, 0.2) is 0 Å². The molecule has 0 aromatic carbocycles. The summed E-state index contributed by atoms with van der Waals surface area (Å²) < 4.78 is 0. The van der Waals surface area contributed by atoms with Crippen LogP contribution in [0.2, 0.25) is 0 Å². The molecule has 1 atom stereocenters. The van der Waals surface area contributed by atoms with Crippen molar-refractivity contribution in [3.05, 3.63) is 0 Å². The van der Waals surface area contributed by atoms with Gasteiger partial charge in [0.25, 0.3) is 5.91 Å². The van der Waals surface area contributed by atoms with Gasteiger partial charge in [0.05, 0.1) is 6.54 Å². The molecule has 0 aromatic rings. The first kappa shape index (κ1) is 14.3. The molecule has 2 amide bonds. The number of carbonyl (C=O) groups excluding carboxylic acids is 2. The van der Waals surface area contributed by atoms with Gasteiger partial charge in [0.2, 0.25) is 5.91 Å². The Morgan fingerprint density at radius 1 is 1.32 bits per heavy atom. The monoisotopic (exact) mass is 268 g/mol. The minimum Gasteiger partial charge on any atom is -0.378 e. The smallest absolute Gasteiger partial charge is 0.251 e. The molecule has 2 fully saturated rings. The van der Waals surface area contributed by atoms with Crippen LogP contribution in [-0.4, -0.2) is 40.5 Å². The van der Waals surface area contributed by atoms with Gasteiger partial charge in [0.15, 0.2) is 5.60 Å². The quantitative estimate of drug-likeness (QED) is 0.788. The SMILES string of the molecule is CCC1CCC(C(=O)N2CCC(O)(C(N)=O)C2)CC1. The summed E-state index contributed by atoms with van der Waals surface area (Å²) in [5, 5.41) is 10.00.